The molecule has 21 heavy (non-hydrogen) atoms. The fraction of sp³-hybridized carbons (Fsp3) is 0.500. The van der Waals surface area contributed by atoms with Crippen LogP contribution in [0.25, 0.3) is 0 Å². The van der Waals surface area contributed by atoms with Gasteiger partial charge in [0.25, 0.3) is 5.91 Å². The van der Waals surface area contributed by atoms with Crippen LogP contribution in [0.1, 0.15) is 31.7 Å². The zero-order valence-electron chi connectivity index (χ0n) is 12.3. The van der Waals surface area contributed by atoms with Crippen molar-refractivity contribution in [3.05, 3.63) is 29.6 Å². The minimum absolute atomic E-state index is 0.0125. The van der Waals surface area contributed by atoms with E-state index in [4.69, 9.17) is 0 Å². The Hall–Kier alpha value is -1.91. The number of hydrogen-bond donors (Lipinski definition) is 0. The molecule has 3 rings (SSSR count). The first-order valence-corrected chi connectivity index (χ1v) is 7.43. The van der Waals surface area contributed by atoms with Gasteiger partial charge in [0.1, 0.15) is 17.9 Å². The maximum absolute atomic E-state index is 13.7. The number of aryl methyl sites for hydroxylation is 1. The van der Waals surface area contributed by atoms with Gasteiger partial charge in [0.2, 0.25) is 5.91 Å². The average Bonchev–Trinajstić information content (AvgIpc) is 2.91. The Balaban J connectivity index is 2.05. The molecule has 2 unspecified atom stereocenters. The van der Waals surface area contributed by atoms with E-state index in [2.05, 4.69) is 0 Å². The molecule has 0 radical (unpaired) electrons. The molecular formula is C16H19FN2O2. The lowest BCUT2D eigenvalue weighted by atomic mass is 10.0. The topological polar surface area (TPSA) is 40.6 Å². The smallest absolute Gasteiger partial charge is 0.250 e. The average molecular weight is 290 g/mol. The van der Waals surface area contributed by atoms with E-state index in [1.165, 1.54) is 17.0 Å². The number of piperazine rings is 1. The summed E-state index contributed by atoms with van der Waals surface area (Å²) in [5, 5.41) is 0. The van der Waals surface area contributed by atoms with E-state index < -0.39 is 6.04 Å². The second kappa shape index (κ2) is 5.13. The first kappa shape index (κ1) is 14.0. The maximum Gasteiger partial charge on any atom is 0.250 e. The van der Waals surface area contributed by atoms with Gasteiger partial charge in [-0.1, -0.05) is 6.92 Å². The summed E-state index contributed by atoms with van der Waals surface area (Å²) in [4.78, 5) is 28.5. The second-order valence-electron chi connectivity index (χ2n) is 5.81. The van der Waals surface area contributed by atoms with Crippen LogP contribution in [0.3, 0.4) is 0 Å². The number of fused-ring (bicyclic) bond motifs is 1. The van der Waals surface area contributed by atoms with E-state index in [0.29, 0.717) is 25.1 Å². The van der Waals surface area contributed by atoms with Gasteiger partial charge < -0.3 is 4.90 Å². The first-order valence-electron chi connectivity index (χ1n) is 7.43. The summed E-state index contributed by atoms with van der Waals surface area (Å²) >= 11 is 0. The molecule has 0 spiro atoms. The van der Waals surface area contributed by atoms with Crippen molar-refractivity contribution in [2.45, 2.75) is 45.2 Å². The Morgan fingerprint density at radius 3 is 2.67 bits per heavy atom. The molecule has 2 amide bonds. The standard InChI is InChI=1S/C16H19FN2O2/c1-3-13-15(20)18-6-4-5-14(18)16(21)19(13)12-8-10(2)7-11(17)9-12/h7-9,13-14H,3-6H2,1-2H3. The minimum Gasteiger partial charge on any atom is -0.329 e. The molecule has 2 fully saturated rings. The van der Waals surface area contributed by atoms with Crippen molar-refractivity contribution in [3.8, 4) is 0 Å². The van der Waals surface area contributed by atoms with Gasteiger partial charge in [0.05, 0.1) is 0 Å². The Kier molecular flexibility index (Phi) is 3.43. The summed E-state index contributed by atoms with van der Waals surface area (Å²) in [6, 6.07) is 3.63. The molecule has 0 saturated carbocycles. The highest BCUT2D eigenvalue weighted by Crippen LogP contribution is 2.32. The highest BCUT2D eigenvalue weighted by molar-refractivity contribution is 6.08. The summed E-state index contributed by atoms with van der Waals surface area (Å²) in [5.41, 5.74) is 1.23. The molecule has 1 aromatic rings. The quantitative estimate of drug-likeness (QED) is 0.838. The fourth-order valence-electron chi connectivity index (χ4n) is 3.42. The van der Waals surface area contributed by atoms with Gasteiger partial charge in [0, 0.05) is 12.2 Å². The molecular weight excluding hydrogens is 271 g/mol. The molecule has 1 aromatic carbocycles. The summed E-state index contributed by atoms with van der Waals surface area (Å²) < 4.78 is 13.7. The van der Waals surface area contributed by atoms with Crippen molar-refractivity contribution in [1.29, 1.82) is 0 Å². The third kappa shape index (κ3) is 2.20. The van der Waals surface area contributed by atoms with Crippen molar-refractivity contribution in [1.82, 2.24) is 4.90 Å². The number of hydrogen-bond acceptors (Lipinski definition) is 2. The van der Waals surface area contributed by atoms with E-state index in [9.17, 15) is 14.0 Å². The first-order chi connectivity index (χ1) is 10.0. The third-order valence-corrected chi connectivity index (χ3v) is 4.35. The Morgan fingerprint density at radius 1 is 1.24 bits per heavy atom. The Labute approximate surface area is 123 Å². The van der Waals surface area contributed by atoms with Crippen LogP contribution in [0.2, 0.25) is 0 Å². The lowest BCUT2D eigenvalue weighted by Crippen LogP contribution is -2.63. The normalized spacial score (nSPS) is 25.5. The number of anilines is 1. The molecule has 112 valence electrons. The lowest BCUT2D eigenvalue weighted by Gasteiger charge is -2.42. The van der Waals surface area contributed by atoms with Gasteiger partial charge in [-0.15, -0.1) is 0 Å². The molecule has 0 aromatic heterocycles. The summed E-state index contributed by atoms with van der Waals surface area (Å²) in [5.74, 6) is -0.473. The van der Waals surface area contributed by atoms with Crippen LogP contribution < -0.4 is 4.90 Å². The van der Waals surface area contributed by atoms with E-state index >= 15 is 0 Å². The molecule has 2 atom stereocenters. The Bertz CT molecular complexity index is 582. The van der Waals surface area contributed by atoms with Gasteiger partial charge in [-0.25, -0.2) is 4.39 Å². The van der Waals surface area contributed by atoms with Gasteiger partial charge in [-0.05, 0) is 49.9 Å². The number of halogens is 1. The van der Waals surface area contributed by atoms with E-state index in [1.807, 2.05) is 6.92 Å². The second-order valence-corrected chi connectivity index (χ2v) is 5.81. The molecule has 2 saturated heterocycles. The van der Waals surface area contributed by atoms with Crippen LogP contribution in [0, 0.1) is 12.7 Å². The summed E-state index contributed by atoms with van der Waals surface area (Å²) in [7, 11) is 0. The van der Waals surface area contributed by atoms with Crippen LogP contribution in [0.15, 0.2) is 18.2 Å². The van der Waals surface area contributed by atoms with Crippen molar-refractivity contribution in [2.24, 2.45) is 0 Å². The van der Waals surface area contributed by atoms with Crippen LogP contribution >= 0.6 is 0 Å². The van der Waals surface area contributed by atoms with Crippen molar-refractivity contribution in [3.63, 3.8) is 0 Å². The monoisotopic (exact) mass is 290 g/mol. The van der Waals surface area contributed by atoms with Crippen molar-refractivity contribution >= 4 is 17.5 Å². The predicted molar refractivity (Wildman–Crippen MR) is 77.4 cm³/mol. The van der Waals surface area contributed by atoms with Gasteiger partial charge in [-0.3, -0.25) is 14.5 Å². The predicted octanol–water partition coefficient (Wildman–Crippen LogP) is 2.25. The molecule has 2 aliphatic heterocycles. The molecule has 0 N–H and O–H groups in total. The van der Waals surface area contributed by atoms with Crippen LogP contribution in [0.5, 0.6) is 0 Å². The van der Waals surface area contributed by atoms with Gasteiger partial charge >= 0.3 is 0 Å². The molecule has 0 aliphatic carbocycles. The zero-order valence-corrected chi connectivity index (χ0v) is 12.3. The molecule has 4 nitrogen and oxygen atoms in total. The Morgan fingerprint density at radius 2 is 2.00 bits per heavy atom. The number of benzene rings is 1. The SMILES string of the molecule is CCC1C(=O)N2CCCC2C(=O)N1c1cc(C)cc(F)c1. The molecule has 0 bridgehead atoms. The fourth-order valence-corrected chi connectivity index (χ4v) is 3.42. The number of carbonyl (C=O) groups excluding carboxylic acids is 2. The lowest BCUT2D eigenvalue weighted by molar-refractivity contribution is -0.144. The maximum atomic E-state index is 13.7. The number of carbonyl (C=O) groups is 2. The van der Waals surface area contributed by atoms with Crippen LogP contribution in [0.4, 0.5) is 10.1 Å². The van der Waals surface area contributed by atoms with Gasteiger partial charge in [-0.2, -0.15) is 0 Å². The van der Waals surface area contributed by atoms with E-state index in [1.54, 1.807) is 17.9 Å². The molecule has 5 heteroatoms. The molecule has 2 aliphatic rings. The van der Waals surface area contributed by atoms with Crippen molar-refractivity contribution in [2.75, 3.05) is 11.4 Å². The number of nitrogens with zero attached hydrogens (tertiary/aromatic N) is 2. The summed E-state index contributed by atoms with van der Waals surface area (Å²) in [6.07, 6.45) is 2.09. The number of amides is 2. The van der Waals surface area contributed by atoms with Gasteiger partial charge in [0.15, 0.2) is 0 Å². The summed E-state index contributed by atoms with van der Waals surface area (Å²) in [6.45, 7) is 4.32. The van der Waals surface area contributed by atoms with Crippen LogP contribution in [-0.2, 0) is 9.59 Å². The van der Waals surface area contributed by atoms with Crippen molar-refractivity contribution < 1.29 is 14.0 Å². The minimum atomic E-state index is -0.520. The van der Waals surface area contributed by atoms with E-state index in [-0.39, 0.29) is 23.7 Å². The zero-order chi connectivity index (χ0) is 15.1. The molecule has 2 heterocycles. The third-order valence-electron chi connectivity index (χ3n) is 4.35. The van der Waals surface area contributed by atoms with Crippen LogP contribution in [-0.4, -0.2) is 35.3 Å². The number of rotatable bonds is 2. The largest absolute Gasteiger partial charge is 0.329 e. The highest BCUT2D eigenvalue weighted by Gasteiger charge is 2.47. The van der Waals surface area contributed by atoms with E-state index in [0.717, 1.165) is 12.0 Å². The highest BCUT2D eigenvalue weighted by atomic mass is 19.1.